The summed E-state index contributed by atoms with van der Waals surface area (Å²) in [6.45, 7) is 14.6. The summed E-state index contributed by atoms with van der Waals surface area (Å²) in [6, 6.07) is 15.0. The number of aromatic nitrogens is 5. The largest absolute Gasteiger partial charge is 0.453 e. The number of benzene rings is 2. The summed E-state index contributed by atoms with van der Waals surface area (Å²) < 4.78 is 4.45. The molecule has 4 amide bonds. The number of ether oxygens (including phenoxy) is 1. The van der Waals surface area contributed by atoms with Crippen molar-refractivity contribution in [2.24, 2.45) is 5.92 Å². The average molecular weight is 848 g/mol. The number of rotatable bonds is 12. The van der Waals surface area contributed by atoms with Gasteiger partial charge in [-0.1, -0.05) is 79.2 Å². The molecule has 3 aromatic heterocycles. The van der Waals surface area contributed by atoms with Crippen LogP contribution in [0.25, 0.3) is 33.2 Å². The van der Waals surface area contributed by atoms with E-state index in [2.05, 4.69) is 67.4 Å². The number of likely N-dealkylation sites (tertiary alicyclic amines) is 1. The van der Waals surface area contributed by atoms with Crippen molar-refractivity contribution in [1.82, 2.24) is 45.8 Å². The van der Waals surface area contributed by atoms with Gasteiger partial charge >= 0.3 is 6.09 Å². The molecule has 2 unspecified atom stereocenters. The predicted molar refractivity (Wildman–Crippen MR) is 245 cm³/mol. The number of amides is 4. The molecule has 0 spiro atoms. The molecule has 2 fully saturated rings. The Labute approximate surface area is 366 Å². The summed E-state index contributed by atoms with van der Waals surface area (Å²) >= 11 is 0. The van der Waals surface area contributed by atoms with E-state index in [0.29, 0.717) is 18.8 Å². The van der Waals surface area contributed by atoms with E-state index in [0.717, 1.165) is 82.5 Å². The van der Waals surface area contributed by atoms with Gasteiger partial charge in [0.15, 0.2) is 0 Å². The number of unbranched alkanes of at least 4 members (excludes halogenated alkanes) is 1. The number of hydrogen-bond donors (Lipinski definition) is 5. The van der Waals surface area contributed by atoms with Crippen molar-refractivity contribution in [1.29, 1.82) is 0 Å². The second-order valence-corrected chi connectivity index (χ2v) is 15.5. The highest BCUT2D eigenvalue weighted by atomic mass is 16.5. The molecular weight excluding hydrogens is 783 g/mol. The quantitative estimate of drug-likeness (QED) is 0.0615. The van der Waals surface area contributed by atoms with E-state index in [4.69, 9.17) is 9.97 Å². The molecule has 0 bridgehead atoms. The van der Waals surface area contributed by atoms with E-state index >= 15 is 0 Å². The average Bonchev–Trinajstić information content (AvgIpc) is 3.75. The van der Waals surface area contributed by atoms with Gasteiger partial charge in [-0.2, -0.15) is 0 Å². The number of nitrogens with zero attached hydrogens (tertiary/aromatic N) is 4. The molecule has 332 valence electrons. The second-order valence-electron chi connectivity index (χ2n) is 15.5. The Morgan fingerprint density at radius 1 is 0.903 bits per heavy atom. The van der Waals surface area contributed by atoms with Crippen molar-refractivity contribution in [3.05, 3.63) is 77.6 Å². The lowest BCUT2D eigenvalue weighted by molar-refractivity contribution is -0.138. The van der Waals surface area contributed by atoms with E-state index in [9.17, 15) is 19.2 Å². The Balaban J connectivity index is 0.000000972. The van der Waals surface area contributed by atoms with Gasteiger partial charge in [0, 0.05) is 42.9 Å². The first-order valence-corrected chi connectivity index (χ1v) is 22.1. The van der Waals surface area contributed by atoms with Crippen molar-refractivity contribution in [3.63, 3.8) is 0 Å². The Kier molecular flexibility index (Phi) is 19.4. The predicted octanol–water partition coefficient (Wildman–Crippen LogP) is 8.13. The zero-order valence-electron chi connectivity index (χ0n) is 37.7. The highest BCUT2D eigenvalue weighted by Crippen LogP contribution is 2.33. The van der Waals surface area contributed by atoms with Crippen LogP contribution in [0.4, 0.5) is 4.79 Å². The summed E-state index contributed by atoms with van der Waals surface area (Å²) in [6.07, 6.45) is 10.9. The highest BCUT2D eigenvalue weighted by Gasteiger charge is 2.37. The number of imidazole rings is 2. The summed E-state index contributed by atoms with van der Waals surface area (Å²) in [5.41, 5.74) is 5.84. The van der Waals surface area contributed by atoms with Gasteiger partial charge in [0.2, 0.25) is 17.7 Å². The van der Waals surface area contributed by atoms with Gasteiger partial charge in [-0.15, -0.1) is 0 Å². The molecule has 7 rings (SSSR count). The van der Waals surface area contributed by atoms with E-state index < -0.39 is 12.1 Å². The van der Waals surface area contributed by atoms with Crippen molar-refractivity contribution in [2.75, 3.05) is 26.7 Å². The van der Waals surface area contributed by atoms with Gasteiger partial charge in [0.1, 0.15) is 23.4 Å². The van der Waals surface area contributed by atoms with Crippen LogP contribution in [-0.4, -0.2) is 86.4 Å². The fraction of sp³-hybridized carbons (Fsp3) is 0.479. The van der Waals surface area contributed by atoms with Crippen molar-refractivity contribution >= 4 is 45.8 Å². The van der Waals surface area contributed by atoms with E-state index in [1.54, 1.807) is 0 Å². The molecule has 1 saturated heterocycles. The minimum atomic E-state index is -0.640. The van der Waals surface area contributed by atoms with Gasteiger partial charge in [-0.3, -0.25) is 14.4 Å². The Morgan fingerprint density at radius 3 is 2.34 bits per heavy atom. The van der Waals surface area contributed by atoms with Crippen LogP contribution in [0.3, 0.4) is 0 Å². The van der Waals surface area contributed by atoms with Crippen LogP contribution in [-0.2, 0) is 25.5 Å². The fourth-order valence-corrected chi connectivity index (χ4v) is 6.56. The van der Waals surface area contributed by atoms with Crippen LogP contribution in [0.2, 0.25) is 0 Å². The molecule has 0 radical (unpaired) electrons. The standard InChI is InChI=1S/C40H45N9O5.C3H6.C3H8.C2H6/c1-24(2)37(44-25(3)50)39(52)49-19-7-8-34(49)38-47-31-16-11-26(20-32(31)48-38)10-14-29-15-12-27-21-28(13-17-30(27)45-29)33-22-42-35(46-33)9-5-6-18-41-36(51)23-43-40(53)54-4;1-2-3-1;1-3-2;1-2/h11-13,15-17,20-22,24,34,37H,5-9,18-19,23H2,1-4H3,(H,41,51)(H,42,46)(H,43,53)(H,44,50)(H,47,48);1-3H2;3H2,1-2H3;1-2H3. The van der Waals surface area contributed by atoms with Crippen LogP contribution in [0.5, 0.6) is 0 Å². The fourth-order valence-electron chi connectivity index (χ4n) is 6.56. The third-order valence-corrected chi connectivity index (χ3v) is 9.70. The number of carbonyl (C=O) groups is 4. The van der Waals surface area contributed by atoms with Gasteiger partial charge < -0.3 is 35.6 Å². The number of alkyl carbamates (subject to hydrolysis) is 1. The second kappa shape index (κ2) is 24.9. The third-order valence-electron chi connectivity index (χ3n) is 9.70. The molecule has 14 heteroatoms. The third kappa shape index (κ3) is 14.7. The molecule has 2 aromatic carbocycles. The number of aromatic amines is 2. The Morgan fingerprint density at radius 2 is 1.65 bits per heavy atom. The monoisotopic (exact) mass is 848 g/mol. The maximum atomic E-state index is 13.5. The number of hydrogen-bond acceptors (Lipinski definition) is 8. The summed E-state index contributed by atoms with van der Waals surface area (Å²) in [4.78, 5) is 70.9. The minimum absolute atomic E-state index is 0.0336. The highest BCUT2D eigenvalue weighted by molar-refractivity contribution is 5.88. The summed E-state index contributed by atoms with van der Waals surface area (Å²) in [7, 11) is 1.25. The number of carbonyl (C=O) groups excluding carboxylic acids is 4. The van der Waals surface area contributed by atoms with E-state index in [1.165, 1.54) is 39.7 Å². The zero-order valence-corrected chi connectivity index (χ0v) is 37.7. The van der Waals surface area contributed by atoms with Crippen LogP contribution < -0.4 is 16.0 Å². The number of H-pyrrole nitrogens is 2. The Hall–Kier alpha value is -6.23. The number of nitrogens with one attached hydrogen (secondary N) is 5. The summed E-state index contributed by atoms with van der Waals surface area (Å²) in [5, 5.41) is 8.92. The van der Waals surface area contributed by atoms with Crippen LogP contribution in [0.1, 0.15) is 129 Å². The molecule has 1 saturated carbocycles. The normalized spacial score (nSPS) is 14.1. The molecule has 62 heavy (non-hydrogen) atoms. The molecular formula is C48H65N9O5. The van der Waals surface area contributed by atoms with Gasteiger partial charge in [0.25, 0.3) is 0 Å². The topological polar surface area (TPSA) is 187 Å². The van der Waals surface area contributed by atoms with E-state index in [-0.39, 0.29) is 36.2 Å². The van der Waals surface area contributed by atoms with Gasteiger partial charge in [0.05, 0.1) is 48.1 Å². The SMILES string of the molecule is C1CC1.CC.CCC.COC(=O)NCC(=O)NCCCCc1ncc(-c2ccc3nc(C#Cc4ccc5nc(C6CCCN6C(=O)C(NC(C)=O)C(C)C)[nH]c5c4)ccc3c2)[nH]1. The number of methoxy groups -OCH3 is 1. The molecule has 14 nitrogen and oxygen atoms in total. The number of aryl methyl sites for hydroxylation is 1. The number of pyridine rings is 1. The molecule has 2 atom stereocenters. The van der Waals surface area contributed by atoms with Gasteiger partial charge in [-0.05, 0) is 80.0 Å². The molecule has 5 aromatic rings. The van der Waals surface area contributed by atoms with Crippen molar-refractivity contribution in [2.45, 2.75) is 118 Å². The summed E-state index contributed by atoms with van der Waals surface area (Å²) in [5.74, 6) is 7.43. The number of fused-ring (bicyclic) bond motifs is 2. The van der Waals surface area contributed by atoms with Crippen LogP contribution in [0, 0.1) is 17.8 Å². The zero-order chi connectivity index (χ0) is 45.0. The minimum Gasteiger partial charge on any atom is -0.453 e. The maximum absolute atomic E-state index is 13.5. The lowest BCUT2D eigenvalue weighted by atomic mass is 10.0. The lowest BCUT2D eigenvalue weighted by Gasteiger charge is -2.30. The lowest BCUT2D eigenvalue weighted by Crippen LogP contribution is -2.50. The maximum Gasteiger partial charge on any atom is 0.407 e. The Bertz CT molecular complexity index is 2300. The molecule has 1 aliphatic carbocycles. The van der Waals surface area contributed by atoms with Crippen LogP contribution >= 0.6 is 0 Å². The molecule has 1 aliphatic heterocycles. The molecule has 2 aliphatic rings. The first-order valence-electron chi connectivity index (χ1n) is 22.1. The van der Waals surface area contributed by atoms with Crippen LogP contribution in [0.15, 0.2) is 54.7 Å². The first-order chi connectivity index (χ1) is 30.0. The van der Waals surface area contributed by atoms with Crippen molar-refractivity contribution < 1.29 is 23.9 Å². The molecule has 5 N–H and O–H groups in total. The first kappa shape index (κ1) is 48.4. The van der Waals surface area contributed by atoms with Crippen molar-refractivity contribution in [3.8, 4) is 23.1 Å². The smallest absolute Gasteiger partial charge is 0.407 e. The molecule has 4 heterocycles. The van der Waals surface area contributed by atoms with E-state index in [1.807, 2.05) is 81.3 Å². The van der Waals surface area contributed by atoms with Gasteiger partial charge in [-0.25, -0.2) is 19.7 Å².